The largest absolute Gasteiger partial charge is 0.389 e. The second-order valence-electron chi connectivity index (χ2n) is 4.61. The van der Waals surface area contributed by atoms with E-state index in [1.165, 1.54) is 0 Å². The topological polar surface area (TPSA) is 72.2 Å². The van der Waals surface area contributed by atoms with E-state index >= 15 is 0 Å². The zero-order valence-electron chi connectivity index (χ0n) is 9.93. The first kappa shape index (κ1) is 13.5. The summed E-state index contributed by atoms with van der Waals surface area (Å²) in [7, 11) is -3.16. The van der Waals surface area contributed by atoms with Gasteiger partial charge in [0.1, 0.15) is 4.99 Å². The number of hydrogen-bond acceptors (Lipinski definition) is 3. The first-order valence-corrected chi connectivity index (χ1v) is 7.88. The predicted octanol–water partition coefficient (Wildman–Crippen LogP) is 1.15. The molecule has 0 bridgehead atoms. The highest BCUT2D eigenvalue weighted by Gasteiger charge is 2.27. The van der Waals surface area contributed by atoms with E-state index in [1.54, 1.807) is 0 Å². The van der Waals surface area contributed by atoms with E-state index in [0.717, 1.165) is 24.0 Å². The maximum absolute atomic E-state index is 11.7. The van der Waals surface area contributed by atoms with Gasteiger partial charge < -0.3 is 5.73 Å². The lowest BCUT2D eigenvalue weighted by molar-refractivity contribution is 0.577. The minimum atomic E-state index is -3.16. The maximum Gasteiger partial charge on any atom is 0.212 e. The van der Waals surface area contributed by atoms with E-state index in [2.05, 4.69) is 4.72 Å². The van der Waals surface area contributed by atoms with Gasteiger partial charge in [0, 0.05) is 12.1 Å². The fourth-order valence-corrected chi connectivity index (χ4v) is 3.27. The van der Waals surface area contributed by atoms with Crippen LogP contribution in [0.2, 0.25) is 0 Å². The molecule has 1 aliphatic carbocycles. The van der Waals surface area contributed by atoms with Crippen LogP contribution in [0.15, 0.2) is 24.3 Å². The van der Waals surface area contributed by atoms with Crippen LogP contribution < -0.4 is 10.5 Å². The molecule has 0 radical (unpaired) electrons. The molecule has 4 nitrogen and oxygen atoms in total. The Kier molecular flexibility index (Phi) is 3.99. The van der Waals surface area contributed by atoms with Gasteiger partial charge in [-0.25, -0.2) is 13.1 Å². The summed E-state index contributed by atoms with van der Waals surface area (Å²) in [5.41, 5.74) is 7.15. The Balaban J connectivity index is 1.96. The second-order valence-corrected chi connectivity index (χ2v) is 6.90. The van der Waals surface area contributed by atoms with Crippen LogP contribution in [-0.2, 0) is 16.6 Å². The van der Waals surface area contributed by atoms with Crippen molar-refractivity contribution >= 4 is 27.2 Å². The third-order valence-electron chi connectivity index (χ3n) is 2.86. The van der Waals surface area contributed by atoms with E-state index < -0.39 is 10.0 Å². The zero-order valence-corrected chi connectivity index (χ0v) is 11.6. The van der Waals surface area contributed by atoms with Crippen molar-refractivity contribution in [2.24, 2.45) is 11.7 Å². The number of nitrogens with two attached hydrogens (primary N) is 1. The van der Waals surface area contributed by atoms with Crippen LogP contribution in [0.3, 0.4) is 0 Å². The fourth-order valence-electron chi connectivity index (χ4n) is 1.68. The van der Waals surface area contributed by atoms with Gasteiger partial charge >= 0.3 is 0 Å². The molecular weight excluding hydrogens is 268 g/mol. The molecule has 3 N–H and O–H groups in total. The summed E-state index contributed by atoms with van der Waals surface area (Å²) in [6.07, 6.45) is 2.05. The normalized spacial score (nSPS) is 15.6. The molecule has 0 saturated heterocycles. The lowest BCUT2D eigenvalue weighted by Gasteiger charge is -2.07. The smallest absolute Gasteiger partial charge is 0.212 e. The number of rotatable bonds is 6. The van der Waals surface area contributed by atoms with Gasteiger partial charge in [0.25, 0.3) is 0 Å². The van der Waals surface area contributed by atoms with Crippen LogP contribution in [0.1, 0.15) is 24.0 Å². The first-order valence-electron chi connectivity index (χ1n) is 5.82. The summed E-state index contributed by atoms with van der Waals surface area (Å²) in [5, 5.41) is 0. The van der Waals surface area contributed by atoms with Gasteiger partial charge in [0.15, 0.2) is 0 Å². The van der Waals surface area contributed by atoms with Crippen molar-refractivity contribution in [2.75, 3.05) is 5.75 Å². The molecule has 1 aliphatic rings. The highest BCUT2D eigenvalue weighted by molar-refractivity contribution is 7.89. The lowest BCUT2D eigenvalue weighted by Crippen LogP contribution is -2.26. The van der Waals surface area contributed by atoms with Gasteiger partial charge in [-0.2, -0.15) is 0 Å². The molecule has 0 spiro atoms. The molecular formula is C12H16N2O2S2. The van der Waals surface area contributed by atoms with Crippen molar-refractivity contribution in [2.45, 2.75) is 19.4 Å². The van der Waals surface area contributed by atoms with E-state index in [9.17, 15) is 8.42 Å². The van der Waals surface area contributed by atoms with E-state index in [0.29, 0.717) is 10.9 Å². The molecule has 1 aromatic rings. The molecule has 1 saturated carbocycles. The molecule has 98 valence electrons. The third kappa shape index (κ3) is 4.04. The zero-order chi connectivity index (χ0) is 13.2. The number of nitrogens with one attached hydrogen (secondary N) is 1. The average molecular weight is 284 g/mol. The van der Waals surface area contributed by atoms with Crippen LogP contribution in [0.4, 0.5) is 0 Å². The van der Waals surface area contributed by atoms with Gasteiger partial charge in [-0.05, 0) is 30.4 Å². The van der Waals surface area contributed by atoms with Crippen LogP contribution >= 0.6 is 12.2 Å². The molecule has 2 rings (SSSR count). The van der Waals surface area contributed by atoms with Crippen molar-refractivity contribution in [1.29, 1.82) is 0 Å². The van der Waals surface area contributed by atoms with E-state index in [-0.39, 0.29) is 12.3 Å². The molecule has 0 amide bonds. The summed E-state index contributed by atoms with van der Waals surface area (Å²) >= 11 is 4.88. The van der Waals surface area contributed by atoms with Crippen LogP contribution in [-0.4, -0.2) is 19.2 Å². The highest BCUT2D eigenvalue weighted by Crippen LogP contribution is 2.29. The predicted molar refractivity (Wildman–Crippen MR) is 75.7 cm³/mol. The quantitative estimate of drug-likeness (QED) is 0.769. The molecule has 0 aliphatic heterocycles. The Morgan fingerprint density at radius 3 is 2.78 bits per heavy atom. The van der Waals surface area contributed by atoms with E-state index in [1.807, 2.05) is 24.3 Å². The lowest BCUT2D eigenvalue weighted by atomic mass is 10.1. The highest BCUT2D eigenvalue weighted by atomic mass is 32.2. The Bertz CT molecular complexity index is 551. The van der Waals surface area contributed by atoms with Crippen LogP contribution in [0, 0.1) is 5.92 Å². The summed E-state index contributed by atoms with van der Waals surface area (Å²) < 4.78 is 26.0. The van der Waals surface area contributed by atoms with Gasteiger partial charge in [0.05, 0.1) is 5.75 Å². The monoisotopic (exact) mass is 284 g/mol. The molecule has 0 heterocycles. The molecule has 6 heteroatoms. The Morgan fingerprint density at radius 2 is 2.17 bits per heavy atom. The number of hydrogen-bond donors (Lipinski definition) is 2. The molecule has 0 unspecified atom stereocenters. The number of sulfonamides is 1. The average Bonchev–Trinajstić information content (AvgIpc) is 3.10. The molecule has 1 fully saturated rings. The Hall–Kier alpha value is -0.980. The number of benzene rings is 1. The summed E-state index contributed by atoms with van der Waals surface area (Å²) in [4.78, 5) is 0.317. The van der Waals surface area contributed by atoms with Crippen LogP contribution in [0.5, 0.6) is 0 Å². The van der Waals surface area contributed by atoms with Gasteiger partial charge in [-0.3, -0.25) is 0 Å². The van der Waals surface area contributed by atoms with Crippen LogP contribution in [0.25, 0.3) is 0 Å². The summed E-state index contributed by atoms with van der Waals surface area (Å²) in [6, 6.07) is 7.28. The summed E-state index contributed by atoms with van der Waals surface area (Å²) in [5.74, 6) is 0.590. The minimum Gasteiger partial charge on any atom is -0.389 e. The standard InChI is InChI=1S/C12H16N2O2S2/c13-12(17)11-3-1-2-10(6-11)7-14-18(15,16)8-9-4-5-9/h1-3,6,9,14H,4-5,7-8H2,(H2,13,17). The Morgan fingerprint density at radius 1 is 1.44 bits per heavy atom. The minimum absolute atomic E-state index is 0.238. The van der Waals surface area contributed by atoms with Gasteiger partial charge in [0.2, 0.25) is 10.0 Å². The molecule has 1 aromatic carbocycles. The Labute approximate surface area is 113 Å². The van der Waals surface area contributed by atoms with Crippen molar-refractivity contribution in [3.8, 4) is 0 Å². The third-order valence-corrected chi connectivity index (χ3v) is 4.59. The number of thiocarbonyl (C=S) groups is 1. The van der Waals surface area contributed by atoms with E-state index in [4.69, 9.17) is 18.0 Å². The van der Waals surface area contributed by atoms with Crippen molar-refractivity contribution in [3.05, 3.63) is 35.4 Å². The van der Waals surface area contributed by atoms with Crippen molar-refractivity contribution in [1.82, 2.24) is 4.72 Å². The van der Waals surface area contributed by atoms with Crippen molar-refractivity contribution in [3.63, 3.8) is 0 Å². The summed E-state index contributed by atoms with van der Waals surface area (Å²) in [6.45, 7) is 0.283. The fraction of sp³-hybridized carbons (Fsp3) is 0.417. The molecule has 0 atom stereocenters. The molecule has 18 heavy (non-hydrogen) atoms. The first-order chi connectivity index (χ1) is 8.46. The van der Waals surface area contributed by atoms with Gasteiger partial charge in [-0.15, -0.1) is 0 Å². The second kappa shape index (κ2) is 5.34. The maximum atomic E-state index is 11.7. The van der Waals surface area contributed by atoms with Gasteiger partial charge in [-0.1, -0.05) is 30.4 Å². The SMILES string of the molecule is NC(=S)c1cccc(CNS(=O)(=O)CC2CC2)c1. The molecule has 0 aromatic heterocycles. The van der Waals surface area contributed by atoms with Crippen molar-refractivity contribution < 1.29 is 8.42 Å².